The van der Waals surface area contributed by atoms with E-state index in [1.807, 2.05) is 17.8 Å². The maximum Gasteiger partial charge on any atom is 0.205 e. The lowest BCUT2D eigenvalue weighted by molar-refractivity contribution is 0.529. The first-order chi connectivity index (χ1) is 9.72. The molecule has 0 saturated carbocycles. The summed E-state index contributed by atoms with van der Waals surface area (Å²) >= 11 is 1.55. The summed E-state index contributed by atoms with van der Waals surface area (Å²) in [5.74, 6) is 1.60. The molecule has 4 nitrogen and oxygen atoms in total. The van der Waals surface area contributed by atoms with Gasteiger partial charge in [0, 0.05) is 25.0 Å². The van der Waals surface area contributed by atoms with Crippen LogP contribution in [0.25, 0.3) is 11.3 Å². The topological polar surface area (TPSA) is 43.9 Å². The van der Waals surface area contributed by atoms with Crippen molar-refractivity contribution in [2.45, 2.75) is 10.9 Å². The van der Waals surface area contributed by atoms with E-state index >= 15 is 0 Å². The number of imidazole rings is 1. The lowest BCUT2D eigenvalue weighted by Crippen LogP contribution is -1.89. The maximum absolute atomic E-state index is 12.9. The first-order valence-electron chi connectivity index (χ1n) is 6.03. The number of rotatable bonds is 4. The predicted molar refractivity (Wildman–Crippen MR) is 74.7 cm³/mol. The molecule has 0 aliphatic heterocycles. The van der Waals surface area contributed by atoms with Crippen molar-refractivity contribution >= 4 is 11.8 Å². The molecule has 0 fully saturated rings. The van der Waals surface area contributed by atoms with Crippen LogP contribution in [0.2, 0.25) is 0 Å². The molecule has 1 aromatic carbocycles. The molecule has 2 aromatic heterocycles. The van der Waals surface area contributed by atoms with Crippen molar-refractivity contribution in [3.8, 4) is 11.3 Å². The van der Waals surface area contributed by atoms with Gasteiger partial charge in [-0.2, -0.15) is 0 Å². The van der Waals surface area contributed by atoms with Crippen LogP contribution < -0.4 is 0 Å². The quantitative estimate of drug-likeness (QED) is 0.689. The van der Waals surface area contributed by atoms with Gasteiger partial charge in [-0.3, -0.25) is 0 Å². The van der Waals surface area contributed by atoms with Crippen LogP contribution in [0.1, 0.15) is 5.89 Å². The molecule has 102 valence electrons. The van der Waals surface area contributed by atoms with E-state index in [-0.39, 0.29) is 5.82 Å². The Bertz CT molecular complexity index is 705. The van der Waals surface area contributed by atoms with E-state index in [0.29, 0.717) is 17.4 Å². The van der Waals surface area contributed by atoms with E-state index in [4.69, 9.17) is 4.42 Å². The van der Waals surface area contributed by atoms with Crippen molar-refractivity contribution in [1.29, 1.82) is 0 Å². The van der Waals surface area contributed by atoms with Gasteiger partial charge in [-0.15, -0.1) is 0 Å². The fourth-order valence-electron chi connectivity index (χ4n) is 1.74. The third kappa shape index (κ3) is 2.75. The molecule has 0 aliphatic carbocycles. The molecule has 3 rings (SSSR count). The van der Waals surface area contributed by atoms with Crippen LogP contribution in [0.3, 0.4) is 0 Å². The Labute approximate surface area is 119 Å². The Morgan fingerprint density at radius 3 is 2.75 bits per heavy atom. The standard InChI is InChI=1S/C14H12FN3OS/c1-18-7-6-16-14(18)20-9-13-17-8-12(19-13)10-2-4-11(15)5-3-10/h2-8H,9H2,1H3. The summed E-state index contributed by atoms with van der Waals surface area (Å²) in [4.78, 5) is 8.45. The summed E-state index contributed by atoms with van der Waals surface area (Å²) in [6.07, 6.45) is 5.30. The number of hydrogen-bond donors (Lipinski definition) is 0. The molecule has 0 radical (unpaired) electrons. The van der Waals surface area contributed by atoms with Crippen molar-refractivity contribution < 1.29 is 8.81 Å². The van der Waals surface area contributed by atoms with Crippen LogP contribution in [0, 0.1) is 5.82 Å². The number of halogens is 1. The van der Waals surface area contributed by atoms with E-state index in [0.717, 1.165) is 10.7 Å². The van der Waals surface area contributed by atoms with Crippen LogP contribution in [0.15, 0.2) is 52.4 Å². The number of nitrogens with zero attached hydrogens (tertiary/aromatic N) is 3. The number of aromatic nitrogens is 3. The molecule has 0 atom stereocenters. The molecule has 0 saturated heterocycles. The second-order valence-electron chi connectivity index (χ2n) is 4.23. The summed E-state index contributed by atoms with van der Waals surface area (Å²) < 4.78 is 20.5. The van der Waals surface area contributed by atoms with Crippen LogP contribution in [0.4, 0.5) is 4.39 Å². The third-order valence-corrected chi connectivity index (χ3v) is 3.83. The molecule has 0 aliphatic rings. The minimum Gasteiger partial charge on any atom is -0.440 e. The molecule has 0 spiro atoms. The van der Waals surface area contributed by atoms with Crippen LogP contribution in [0.5, 0.6) is 0 Å². The van der Waals surface area contributed by atoms with E-state index < -0.39 is 0 Å². The zero-order valence-corrected chi connectivity index (χ0v) is 11.6. The van der Waals surface area contributed by atoms with Crippen molar-refractivity contribution in [2.24, 2.45) is 7.05 Å². The van der Waals surface area contributed by atoms with E-state index in [9.17, 15) is 4.39 Å². The van der Waals surface area contributed by atoms with Crippen molar-refractivity contribution in [1.82, 2.24) is 14.5 Å². The molecule has 6 heteroatoms. The summed E-state index contributed by atoms with van der Waals surface area (Å²) in [5, 5.41) is 0.909. The van der Waals surface area contributed by atoms with E-state index in [2.05, 4.69) is 9.97 Å². The zero-order valence-electron chi connectivity index (χ0n) is 10.8. The van der Waals surface area contributed by atoms with Gasteiger partial charge in [0.2, 0.25) is 5.89 Å². The Morgan fingerprint density at radius 1 is 1.25 bits per heavy atom. The van der Waals surface area contributed by atoms with Crippen LogP contribution in [-0.4, -0.2) is 14.5 Å². The Morgan fingerprint density at radius 2 is 2.05 bits per heavy atom. The second kappa shape index (κ2) is 5.50. The summed E-state index contributed by atoms with van der Waals surface area (Å²) in [6, 6.07) is 6.15. The fourth-order valence-corrected chi connectivity index (χ4v) is 2.53. The van der Waals surface area contributed by atoms with Crippen LogP contribution in [-0.2, 0) is 12.8 Å². The van der Waals surface area contributed by atoms with Gasteiger partial charge in [0.15, 0.2) is 10.9 Å². The van der Waals surface area contributed by atoms with Crippen molar-refractivity contribution in [3.05, 3.63) is 54.6 Å². The normalized spacial score (nSPS) is 10.9. The van der Waals surface area contributed by atoms with Gasteiger partial charge in [0.05, 0.1) is 11.9 Å². The number of aryl methyl sites for hydroxylation is 1. The lowest BCUT2D eigenvalue weighted by atomic mass is 10.2. The minimum atomic E-state index is -0.265. The highest BCUT2D eigenvalue weighted by Crippen LogP contribution is 2.24. The van der Waals surface area contributed by atoms with Gasteiger partial charge in [0.1, 0.15) is 5.82 Å². The van der Waals surface area contributed by atoms with Gasteiger partial charge in [0.25, 0.3) is 0 Å². The molecule has 20 heavy (non-hydrogen) atoms. The van der Waals surface area contributed by atoms with Crippen molar-refractivity contribution in [2.75, 3.05) is 0 Å². The molecule has 0 amide bonds. The van der Waals surface area contributed by atoms with E-state index in [1.54, 1.807) is 36.3 Å². The van der Waals surface area contributed by atoms with Gasteiger partial charge in [-0.05, 0) is 24.3 Å². The highest BCUT2D eigenvalue weighted by Gasteiger charge is 2.08. The highest BCUT2D eigenvalue weighted by atomic mass is 32.2. The van der Waals surface area contributed by atoms with Gasteiger partial charge < -0.3 is 8.98 Å². The molecule has 3 aromatic rings. The Hall–Kier alpha value is -2.08. The molecular weight excluding hydrogens is 277 g/mol. The predicted octanol–water partition coefficient (Wildman–Crippen LogP) is 3.51. The van der Waals surface area contributed by atoms with Gasteiger partial charge in [-0.1, -0.05) is 11.8 Å². The Kier molecular flexibility index (Phi) is 3.56. The number of oxazole rings is 1. The highest BCUT2D eigenvalue weighted by molar-refractivity contribution is 7.98. The van der Waals surface area contributed by atoms with E-state index in [1.165, 1.54) is 12.1 Å². The average molecular weight is 289 g/mol. The van der Waals surface area contributed by atoms with Gasteiger partial charge >= 0.3 is 0 Å². The minimum absolute atomic E-state index is 0.265. The Balaban J connectivity index is 1.71. The smallest absolute Gasteiger partial charge is 0.205 e. The van der Waals surface area contributed by atoms with Crippen LogP contribution >= 0.6 is 11.8 Å². The average Bonchev–Trinajstić information content (AvgIpc) is 3.06. The SMILES string of the molecule is Cn1ccnc1SCc1ncc(-c2ccc(F)cc2)o1. The molecule has 0 unspecified atom stereocenters. The summed E-state index contributed by atoms with van der Waals surface area (Å²) in [5.41, 5.74) is 0.812. The monoisotopic (exact) mass is 289 g/mol. The van der Waals surface area contributed by atoms with Crippen molar-refractivity contribution in [3.63, 3.8) is 0 Å². The molecule has 0 bridgehead atoms. The summed E-state index contributed by atoms with van der Waals surface area (Å²) in [6.45, 7) is 0. The first kappa shape index (κ1) is 12.9. The number of hydrogen-bond acceptors (Lipinski definition) is 4. The number of benzene rings is 1. The fraction of sp³-hybridized carbons (Fsp3) is 0.143. The second-order valence-corrected chi connectivity index (χ2v) is 5.18. The lowest BCUT2D eigenvalue weighted by Gasteiger charge is -1.98. The molecule has 2 heterocycles. The van der Waals surface area contributed by atoms with Gasteiger partial charge in [-0.25, -0.2) is 14.4 Å². The first-order valence-corrected chi connectivity index (χ1v) is 7.02. The maximum atomic E-state index is 12.9. The molecule has 0 N–H and O–H groups in total. The molecular formula is C14H12FN3OS. The number of thioether (sulfide) groups is 1. The zero-order chi connectivity index (χ0) is 13.9. The largest absolute Gasteiger partial charge is 0.440 e. The summed E-state index contributed by atoms with van der Waals surface area (Å²) in [7, 11) is 1.94. The third-order valence-electron chi connectivity index (χ3n) is 2.78.